The molecule has 0 saturated carbocycles. The van der Waals surface area contributed by atoms with Gasteiger partial charge in [0, 0.05) is 18.7 Å². The quantitative estimate of drug-likeness (QED) is 0.220. The molecule has 1 aromatic rings. The lowest BCUT2D eigenvalue weighted by Gasteiger charge is -2.17. The van der Waals surface area contributed by atoms with Crippen LogP contribution in [-0.4, -0.2) is 55.3 Å². The normalized spacial score (nSPS) is 11.7. The molecule has 0 aliphatic carbocycles. The van der Waals surface area contributed by atoms with E-state index in [0.29, 0.717) is 23.8 Å². The molecular formula is C17H26N2O7. The zero-order valence-electron chi connectivity index (χ0n) is 15.1. The number of rotatable bonds is 14. The fourth-order valence-electron chi connectivity index (χ4n) is 1.85. The second kappa shape index (κ2) is 11.9. The Balaban J connectivity index is 2.62. The number of aliphatic hydroxyl groups excluding tert-OH is 1. The predicted octanol–water partition coefficient (Wildman–Crippen LogP) is 1.58. The molecule has 2 N–H and O–H groups in total. The first-order valence-corrected chi connectivity index (χ1v) is 8.24. The Morgan fingerprint density at radius 2 is 2.04 bits per heavy atom. The van der Waals surface area contributed by atoms with E-state index in [1.807, 2.05) is 13.8 Å². The van der Waals surface area contributed by atoms with E-state index in [1.54, 1.807) is 24.3 Å². The first kappa shape index (κ1) is 21.5. The number of hydrogen-bond acceptors (Lipinski definition) is 8. The number of aliphatic hydroxyl groups is 1. The van der Waals surface area contributed by atoms with Gasteiger partial charge in [0.05, 0.1) is 0 Å². The third-order valence-electron chi connectivity index (χ3n) is 3.01. The minimum absolute atomic E-state index is 0.0155. The van der Waals surface area contributed by atoms with Crippen LogP contribution in [0, 0.1) is 10.1 Å². The molecule has 9 nitrogen and oxygen atoms in total. The summed E-state index contributed by atoms with van der Waals surface area (Å²) in [6.45, 7) is 8.19. The van der Waals surface area contributed by atoms with Gasteiger partial charge in [0.25, 0.3) is 5.09 Å². The summed E-state index contributed by atoms with van der Waals surface area (Å²) in [4.78, 5) is 14.3. The fraction of sp³-hybridized carbons (Fsp3) is 0.529. The zero-order chi connectivity index (χ0) is 19.4. The number of hydrogen-bond donors (Lipinski definition) is 2. The summed E-state index contributed by atoms with van der Waals surface area (Å²) in [6, 6.07) is 5.15. The molecule has 0 heterocycles. The van der Waals surface area contributed by atoms with Gasteiger partial charge in [-0.1, -0.05) is 26.5 Å². The van der Waals surface area contributed by atoms with Crippen molar-refractivity contribution in [3.05, 3.63) is 41.0 Å². The molecule has 0 radical (unpaired) electrons. The summed E-state index contributed by atoms with van der Waals surface area (Å²) < 4.78 is 16.5. The maximum Gasteiger partial charge on any atom is 0.294 e. The Bertz CT molecular complexity index is 566. The van der Waals surface area contributed by atoms with E-state index in [9.17, 15) is 15.2 Å². The van der Waals surface area contributed by atoms with Crippen LogP contribution in [-0.2, 0) is 4.84 Å². The maximum absolute atomic E-state index is 10.1. The van der Waals surface area contributed by atoms with Crippen LogP contribution in [0.2, 0.25) is 0 Å². The lowest BCUT2D eigenvalue weighted by Crippen LogP contribution is -2.35. The molecule has 1 unspecified atom stereocenters. The lowest BCUT2D eigenvalue weighted by molar-refractivity contribution is -0.757. The summed E-state index contributed by atoms with van der Waals surface area (Å²) in [5.41, 5.74) is 0. The van der Waals surface area contributed by atoms with E-state index >= 15 is 0 Å². The first-order valence-electron chi connectivity index (χ1n) is 8.24. The highest BCUT2D eigenvalue weighted by Gasteiger charge is 2.11. The maximum atomic E-state index is 10.1. The molecule has 0 aromatic heterocycles. The minimum Gasteiger partial charge on any atom is -0.491 e. The summed E-state index contributed by atoms with van der Waals surface area (Å²) in [7, 11) is 0. The van der Waals surface area contributed by atoms with Crippen molar-refractivity contribution in [1.29, 1.82) is 0 Å². The minimum atomic E-state index is -0.877. The van der Waals surface area contributed by atoms with Crippen molar-refractivity contribution in [3.8, 4) is 17.2 Å². The molecule has 26 heavy (non-hydrogen) atoms. The molecule has 1 rings (SSSR count). The summed E-state index contributed by atoms with van der Waals surface area (Å²) in [5.74, 6) is 1.32. The molecule has 146 valence electrons. The highest BCUT2D eigenvalue weighted by atomic mass is 17.0. The highest BCUT2D eigenvalue weighted by Crippen LogP contribution is 2.31. The van der Waals surface area contributed by atoms with Crippen LogP contribution in [0.1, 0.15) is 13.8 Å². The second-order valence-corrected chi connectivity index (χ2v) is 5.64. The second-order valence-electron chi connectivity index (χ2n) is 5.64. The van der Waals surface area contributed by atoms with Crippen molar-refractivity contribution in [1.82, 2.24) is 5.32 Å². The number of ether oxygens (including phenoxy) is 3. The van der Waals surface area contributed by atoms with Gasteiger partial charge in [-0.2, -0.15) is 0 Å². The Morgan fingerprint density at radius 1 is 1.27 bits per heavy atom. The average Bonchev–Trinajstić information content (AvgIpc) is 2.60. The zero-order valence-corrected chi connectivity index (χ0v) is 15.1. The topological polar surface area (TPSA) is 112 Å². The molecule has 1 aromatic carbocycles. The molecule has 9 heteroatoms. The standard InChI is InChI=1S/C17H26N2O7/c1-4-7-24-17-10-15(23-8-9-26-19(21)22)5-6-16(17)25-12-14(20)11-18-13(2)3/h4-6,10,13-14,18,20H,1,7-9,11-12H2,2-3H3. The molecule has 0 fully saturated rings. The fourth-order valence-corrected chi connectivity index (χ4v) is 1.85. The smallest absolute Gasteiger partial charge is 0.294 e. The molecule has 0 amide bonds. The lowest BCUT2D eigenvalue weighted by atomic mass is 10.3. The van der Waals surface area contributed by atoms with Crippen molar-refractivity contribution < 1.29 is 29.2 Å². The molecule has 0 saturated heterocycles. The van der Waals surface area contributed by atoms with E-state index in [4.69, 9.17) is 14.2 Å². The van der Waals surface area contributed by atoms with Gasteiger partial charge < -0.3 is 29.5 Å². The first-order chi connectivity index (χ1) is 12.4. The van der Waals surface area contributed by atoms with Gasteiger partial charge in [0.15, 0.2) is 11.5 Å². The molecule has 0 bridgehead atoms. The van der Waals surface area contributed by atoms with E-state index in [-0.39, 0.29) is 32.5 Å². The van der Waals surface area contributed by atoms with Crippen LogP contribution in [0.4, 0.5) is 0 Å². The Hall–Kier alpha value is -2.52. The van der Waals surface area contributed by atoms with E-state index in [2.05, 4.69) is 16.7 Å². The van der Waals surface area contributed by atoms with Crippen LogP contribution in [0.15, 0.2) is 30.9 Å². The Morgan fingerprint density at radius 3 is 2.69 bits per heavy atom. The molecular weight excluding hydrogens is 344 g/mol. The molecule has 0 spiro atoms. The van der Waals surface area contributed by atoms with Crippen LogP contribution in [0.5, 0.6) is 17.2 Å². The molecule has 0 aliphatic heterocycles. The predicted molar refractivity (Wildman–Crippen MR) is 95.2 cm³/mol. The van der Waals surface area contributed by atoms with Crippen molar-refractivity contribution in [3.63, 3.8) is 0 Å². The van der Waals surface area contributed by atoms with Crippen molar-refractivity contribution >= 4 is 0 Å². The van der Waals surface area contributed by atoms with Gasteiger partial charge in [-0.05, 0) is 12.1 Å². The van der Waals surface area contributed by atoms with Crippen LogP contribution < -0.4 is 19.5 Å². The average molecular weight is 370 g/mol. The third kappa shape index (κ3) is 9.09. The van der Waals surface area contributed by atoms with Gasteiger partial charge >= 0.3 is 0 Å². The van der Waals surface area contributed by atoms with Crippen molar-refractivity contribution in [2.45, 2.75) is 26.0 Å². The van der Waals surface area contributed by atoms with Crippen molar-refractivity contribution in [2.24, 2.45) is 0 Å². The van der Waals surface area contributed by atoms with Gasteiger partial charge in [-0.3, -0.25) is 0 Å². The number of benzene rings is 1. The molecule has 1 atom stereocenters. The van der Waals surface area contributed by atoms with Crippen LogP contribution in [0.3, 0.4) is 0 Å². The van der Waals surface area contributed by atoms with E-state index in [1.165, 1.54) is 0 Å². The van der Waals surface area contributed by atoms with Gasteiger partial charge in [0.1, 0.15) is 38.3 Å². The van der Waals surface area contributed by atoms with E-state index < -0.39 is 11.2 Å². The van der Waals surface area contributed by atoms with Crippen molar-refractivity contribution in [2.75, 3.05) is 33.0 Å². The summed E-state index contributed by atoms with van der Waals surface area (Å²) in [6.07, 6.45) is 0.920. The van der Waals surface area contributed by atoms with E-state index in [0.717, 1.165) is 0 Å². The number of nitrogens with one attached hydrogen (secondary N) is 1. The monoisotopic (exact) mass is 370 g/mol. The van der Waals surface area contributed by atoms with Gasteiger partial charge in [0.2, 0.25) is 0 Å². The van der Waals surface area contributed by atoms with Gasteiger partial charge in [-0.25, -0.2) is 0 Å². The highest BCUT2D eigenvalue weighted by molar-refractivity contribution is 5.45. The summed E-state index contributed by atoms with van der Waals surface area (Å²) in [5, 5.41) is 22.3. The SMILES string of the molecule is C=CCOc1cc(OCCO[N+](=O)[O-])ccc1OCC(O)CNC(C)C. The summed E-state index contributed by atoms with van der Waals surface area (Å²) >= 11 is 0. The number of nitrogens with zero attached hydrogens (tertiary/aromatic N) is 1. The molecule has 0 aliphatic rings. The third-order valence-corrected chi connectivity index (χ3v) is 3.01. The Labute approximate surface area is 152 Å². The van der Waals surface area contributed by atoms with Gasteiger partial charge in [-0.15, -0.1) is 10.1 Å². The van der Waals surface area contributed by atoms with Crippen LogP contribution in [0.25, 0.3) is 0 Å². The van der Waals surface area contributed by atoms with Crippen LogP contribution >= 0.6 is 0 Å². The Kier molecular flexibility index (Phi) is 9.88. The largest absolute Gasteiger partial charge is 0.491 e.